The molecule has 1 aliphatic heterocycles. The third-order valence-corrected chi connectivity index (χ3v) is 3.63. The van der Waals surface area contributed by atoms with Gasteiger partial charge in [-0.1, -0.05) is 6.07 Å². The quantitative estimate of drug-likeness (QED) is 0.757. The number of aldehydes is 1. The van der Waals surface area contributed by atoms with E-state index in [4.69, 9.17) is 23.7 Å². The summed E-state index contributed by atoms with van der Waals surface area (Å²) < 4.78 is 27.6. The molecule has 0 radical (unpaired) electrons. The van der Waals surface area contributed by atoms with E-state index in [1.165, 1.54) is 7.11 Å². The van der Waals surface area contributed by atoms with Crippen LogP contribution in [0.4, 0.5) is 0 Å². The topological polar surface area (TPSA) is 63.2 Å². The van der Waals surface area contributed by atoms with E-state index in [-0.39, 0.29) is 0 Å². The fourth-order valence-corrected chi connectivity index (χ4v) is 2.43. The Kier molecular flexibility index (Phi) is 4.98. The van der Waals surface area contributed by atoms with Crippen LogP contribution < -0.4 is 14.2 Å². The first kappa shape index (κ1) is 16.3. The van der Waals surface area contributed by atoms with Gasteiger partial charge in [0.2, 0.25) is 0 Å². The van der Waals surface area contributed by atoms with E-state index in [2.05, 4.69) is 0 Å². The van der Waals surface area contributed by atoms with Gasteiger partial charge >= 0.3 is 0 Å². The maximum Gasteiger partial charge on any atom is 0.184 e. The lowest BCUT2D eigenvalue weighted by Crippen LogP contribution is -2.00. The number of methoxy groups -OCH3 is 2. The molecule has 1 heterocycles. The molecule has 0 saturated carbocycles. The molecule has 2 aromatic carbocycles. The van der Waals surface area contributed by atoms with Crippen molar-refractivity contribution in [2.45, 2.75) is 6.29 Å². The van der Waals surface area contributed by atoms with Crippen LogP contribution in [0, 0.1) is 0 Å². The van der Waals surface area contributed by atoms with Crippen LogP contribution in [0.5, 0.6) is 23.0 Å². The predicted molar refractivity (Wildman–Crippen MR) is 86.1 cm³/mol. The molecule has 3 rings (SSSR count). The van der Waals surface area contributed by atoms with Crippen molar-refractivity contribution in [2.75, 3.05) is 27.4 Å². The lowest BCUT2D eigenvalue weighted by atomic mass is 10.2. The summed E-state index contributed by atoms with van der Waals surface area (Å²) in [5.74, 6) is 2.01. The molecule has 0 amide bonds. The van der Waals surface area contributed by atoms with Crippen molar-refractivity contribution in [3.63, 3.8) is 0 Å². The molecule has 0 spiro atoms. The van der Waals surface area contributed by atoms with Crippen LogP contribution in [0.15, 0.2) is 36.4 Å². The van der Waals surface area contributed by atoms with Crippen molar-refractivity contribution in [1.82, 2.24) is 0 Å². The van der Waals surface area contributed by atoms with Crippen molar-refractivity contribution >= 4 is 6.29 Å². The van der Waals surface area contributed by atoms with Crippen LogP contribution in [0.2, 0.25) is 0 Å². The van der Waals surface area contributed by atoms with Crippen molar-refractivity contribution in [2.24, 2.45) is 0 Å². The molecule has 0 N–H and O–H groups in total. The Balaban J connectivity index is 1.93. The molecule has 6 nitrogen and oxygen atoms in total. The molecular weight excluding hydrogens is 312 g/mol. The van der Waals surface area contributed by atoms with Crippen LogP contribution in [-0.4, -0.2) is 33.7 Å². The van der Waals surface area contributed by atoms with E-state index in [1.54, 1.807) is 31.4 Å². The maximum absolute atomic E-state index is 10.9. The summed E-state index contributed by atoms with van der Waals surface area (Å²) in [6.07, 6.45) is 0.347. The highest BCUT2D eigenvalue weighted by Crippen LogP contribution is 2.39. The summed E-state index contributed by atoms with van der Waals surface area (Å²) in [5, 5.41) is 0. The van der Waals surface area contributed by atoms with E-state index in [1.807, 2.05) is 12.1 Å². The van der Waals surface area contributed by atoms with E-state index >= 15 is 0 Å². The minimum Gasteiger partial charge on any atom is -0.493 e. The fourth-order valence-electron chi connectivity index (χ4n) is 2.43. The Labute approximate surface area is 139 Å². The number of benzene rings is 2. The van der Waals surface area contributed by atoms with Crippen LogP contribution in [0.3, 0.4) is 0 Å². The predicted octanol–water partition coefficient (Wildman–Crippen LogP) is 3.35. The fraction of sp³-hybridized carbons (Fsp3) is 0.278. The molecule has 0 aromatic heterocycles. The zero-order valence-corrected chi connectivity index (χ0v) is 13.5. The van der Waals surface area contributed by atoms with E-state index in [0.717, 1.165) is 11.8 Å². The second kappa shape index (κ2) is 7.33. The Hall–Kier alpha value is -2.57. The summed E-state index contributed by atoms with van der Waals surface area (Å²) in [7, 11) is 3.09. The summed E-state index contributed by atoms with van der Waals surface area (Å²) in [4.78, 5) is 10.9. The van der Waals surface area contributed by atoms with E-state index in [9.17, 15) is 4.79 Å². The highest BCUT2D eigenvalue weighted by molar-refractivity contribution is 5.76. The zero-order valence-electron chi connectivity index (χ0n) is 13.5. The maximum atomic E-state index is 10.9. The molecule has 24 heavy (non-hydrogen) atoms. The van der Waals surface area contributed by atoms with Gasteiger partial charge in [-0.25, -0.2) is 0 Å². The largest absolute Gasteiger partial charge is 0.493 e. The molecule has 0 aliphatic carbocycles. The molecular formula is C18H18O6. The van der Waals surface area contributed by atoms with Gasteiger partial charge in [-0.05, 0) is 30.3 Å². The number of carbonyl (C=O) groups excluding carboxylic acids is 1. The van der Waals surface area contributed by atoms with Crippen LogP contribution in [-0.2, 0) is 9.47 Å². The number of hydrogen-bond acceptors (Lipinski definition) is 6. The van der Waals surface area contributed by atoms with E-state index in [0.29, 0.717) is 41.8 Å². The first-order valence-corrected chi connectivity index (χ1v) is 7.47. The van der Waals surface area contributed by atoms with Crippen LogP contribution in [0.25, 0.3) is 0 Å². The molecule has 1 fully saturated rings. The average molecular weight is 330 g/mol. The Bertz CT molecular complexity index is 721. The summed E-state index contributed by atoms with van der Waals surface area (Å²) in [6, 6.07) is 10.4. The van der Waals surface area contributed by atoms with Crippen LogP contribution >= 0.6 is 0 Å². The number of hydrogen-bond donors (Lipinski definition) is 0. The van der Waals surface area contributed by atoms with Crippen molar-refractivity contribution < 1.29 is 28.5 Å². The summed E-state index contributed by atoms with van der Waals surface area (Å²) in [6.45, 7) is 1.13. The lowest BCUT2D eigenvalue weighted by molar-refractivity contribution is -0.0442. The number of ether oxygens (including phenoxy) is 5. The number of rotatable bonds is 6. The van der Waals surface area contributed by atoms with Gasteiger partial charge < -0.3 is 23.7 Å². The van der Waals surface area contributed by atoms with Crippen molar-refractivity contribution in [3.8, 4) is 23.0 Å². The van der Waals surface area contributed by atoms with Gasteiger partial charge in [0.1, 0.15) is 6.29 Å². The monoisotopic (exact) mass is 330 g/mol. The molecule has 0 atom stereocenters. The smallest absolute Gasteiger partial charge is 0.184 e. The molecule has 1 aliphatic rings. The van der Waals surface area contributed by atoms with Gasteiger partial charge in [-0.2, -0.15) is 0 Å². The number of carbonyl (C=O) groups is 1. The first-order chi connectivity index (χ1) is 11.7. The standard InChI is InChI=1S/C18H18O6/c1-20-14-6-4-13(18-22-7-8-23-18)10-17(14)24-15-5-3-12(11-19)9-16(15)21-2/h3-6,9-11,18H,7-8H2,1-2H3. The second-order valence-corrected chi connectivity index (χ2v) is 5.11. The highest BCUT2D eigenvalue weighted by atomic mass is 16.7. The average Bonchev–Trinajstić information content (AvgIpc) is 3.16. The normalized spacial score (nSPS) is 14.4. The summed E-state index contributed by atoms with van der Waals surface area (Å²) >= 11 is 0. The lowest BCUT2D eigenvalue weighted by Gasteiger charge is -2.16. The molecule has 2 aromatic rings. The first-order valence-electron chi connectivity index (χ1n) is 7.47. The van der Waals surface area contributed by atoms with Crippen molar-refractivity contribution in [3.05, 3.63) is 47.5 Å². The third-order valence-electron chi connectivity index (χ3n) is 3.63. The molecule has 126 valence electrons. The van der Waals surface area contributed by atoms with Gasteiger partial charge in [0.05, 0.1) is 27.4 Å². The SMILES string of the molecule is COc1cc(C=O)ccc1Oc1cc(C2OCCO2)ccc1OC. The Morgan fingerprint density at radius 1 is 0.917 bits per heavy atom. The van der Waals surface area contributed by atoms with E-state index < -0.39 is 6.29 Å². The Morgan fingerprint density at radius 3 is 2.29 bits per heavy atom. The minimum atomic E-state index is -0.405. The van der Waals surface area contributed by atoms with Crippen molar-refractivity contribution in [1.29, 1.82) is 0 Å². The molecule has 0 bridgehead atoms. The second-order valence-electron chi connectivity index (χ2n) is 5.11. The van der Waals surface area contributed by atoms with Gasteiger partial charge in [0, 0.05) is 11.1 Å². The van der Waals surface area contributed by atoms with Gasteiger partial charge in [0.25, 0.3) is 0 Å². The minimum absolute atomic E-state index is 0.405. The zero-order chi connectivity index (χ0) is 16.9. The Morgan fingerprint density at radius 2 is 1.62 bits per heavy atom. The molecule has 6 heteroatoms. The van der Waals surface area contributed by atoms with Crippen LogP contribution in [0.1, 0.15) is 22.2 Å². The van der Waals surface area contributed by atoms with Gasteiger partial charge in [-0.15, -0.1) is 0 Å². The van der Waals surface area contributed by atoms with Gasteiger partial charge in [-0.3, -0.25) is 4.79 Å². The highest BCUT2D eigenvalue weighted by Gasteiger charge is 2.20. The molecule has 1 saturated heterocycles. The summed E-state index contributed by atoms with van der Waals surface area (Å²) in [5.41, 5.74) is 1.35. The molecule has 0 unspecified atom stereocenters. The third kappa shape index (κ3) is 3.34. The van der Waals surface area contributed by atoms with Gasteiger partial charge in [0.15, 0.2) is 29.3 Å².